The highest BCUT2D eigenvalue weighted by molar-refractivity contribution is 6.13. The number of imide groups is 1. The first-order valence-corrected chi connectivity index (χ1v) is 9.29. The van der Waals surface area contributed by atoms with Gasteiger partial charge in [-0.1, -0.05) is 6.07 Å². The molecule has 2 heterocycles. The summed E-state index contributed by atoms with van der Waals surface area (Å²) in [6.07, 6.45) is 1.47. The van der Waals surface area contributed by atoms with Crippen LogP contribution < -0.4 is 14.8 Å². The SMILES string of the molecule is CCOc1cc(C=C2NC(=O)N(Cc3ccc(C(=O)OC)o3)C2=O)ccc1OC(C)=O. The first-order chi connectivity index (χ1) is 14.8. The molecule has 1 aromatic heterocycles. The quantitative estimate of drug-likeness (QED) is 0.309. The van der Waals surface area contributed by atoms with Crippen molar-refractivity contribution in [2.24, 2.45) is 0 Å². The number of benzene rings is 1. The third-order valence-electron chi connectivity index (χ3n) is 4.16. The molecule has 1 aliphatic rings. The van der Waals surface area contributed by atoms with E-state index in [0.29, 0.717) is 17.9 Å². The van der Waals surface area contributed by atoms with Gasteiger partial charge < -0.3 is 23.9 Å². The maximum Gasteiger partial charge on any atom is 0.373 e. The Morgan fingerprint density at radius 2 is 1.94 bits per heavy atom. The normalized spacial score (nSPS) is 14.5. The van der Waals surface area contributed by atoms with Crippen LogP contribution in [0.2, 0.25) is 0 Å². The zero-order valence-electron chi connectivity index (χ0n) is 17.1. The number of rotatable bonds is 7. The molecule has 10 nitrogen and oxygen atoms in total. The van der Waals surface area contributed by atoms with Crippen molar-refractivity contribution in [3.05, 3.63) is 53.1 Å². The standard InChI is InChI=1S/C21H20N2O8/c1-4-29-18-10-13(5-7-16(18)30-12(2)24)9-15-19(25)23(21(27)22-15)11-14-6-8-17(31-14)20(26)28-3/h5-10H,4,11H2,1-3H3,(H,22,27). The van der Waals surface area contributed by atoms with Crippen molar-refractivity contribution in [3.63, 3.8) is 0 Å². The van der Waals surface area contributed by atoms with Crippen LogP contribution in [0.25, 0.3) is 6.08 Å². The number of furan rings is 1. The van der Waals surface area contributed by atoms with E-state index < -0.39 is 23.9 Å². The molecule has 0 radical (unpaired) electrons. The molecule has 162 valence electrons. The van der Waals surface area contributed by atoms with Gasteiger partial charge in [0.2, 0.25) is 5.76 Å². The summed E-state index contributed by atoms with van der Waals surface area (Å²) >= 11 is 0. The van der Waals surface area contributed by atoms with Gasteiger partial charge in [-0.15, -0.1) is 0 Å². The van der Waals surface area contributed by atoms with Crippen LogP contribution in [0.4, 0.5) is 4.79 Å². The topological polar surface area (TPSA) is 124 Å². The van der Waals surface area contributed by atoms with Crippen molar-refractivity contribution in [1.82, 2.24) is 10.2 Å². The Bertz CT molecular complexity index is 1070. The molecule has 0 bridgehead atoms. The Balaban J connectivity index is 1.79. The monoisotopic (exact) mass is 428 g/mol. The van der Waals surface area contributed by atoms with E-state index in [1.54, 1.807) is 19.1 Å². The number of hydrogen-bond acceptors (Lipinski definition) is 8. The minimum absolute atomic E-state index is 0.0309. The Morgan fingerprint density at radius 3 is 2.61 bits per heavy atom. The van der Waals surface area contributed by atoms with Gasteiger partial charge in [0.15, 0.2) is 11.5 Å². The number of nitrogens with zero attached hydrogens (tertiary/aromatic N) is 1. The number of carbonyl (C=O) groups excluding carboxylic acids is 4. The zero-order valence-corrected chi connectivity index (χ0v) is 17.1. The van der Waals surface area contributed by atoms with E-state index >= 15 is 0 Å². The molecular formula is C21H20N2O8. The molecule has 1 saturated heterocycles. The predicted molar refractivity (Wildman–Crippen MR) is 106 cm³/mol. The zero-order chi connectivity index (χ0) is 22.5. The second-order valence-electron chi connectivity index (χ2n) is 6.37. The number of methoxy groups -OCH3 is 1. The lowest BCUT2D eigenvalue weighted by Gasteiger charge is -2.10. The van der Waals surface area contributed by atoms with Crippen LogP contribution in [0.1, 0.15) is 35.7 Å². The average Bonchev–Trinajstić information content (AvgIpc) is 3.30. The second-order valence-corrected chi connectivity index (χ2v) is 6.37. The van der Waals surface area contributed by atoms with Crippen LogP contribution in [0.3, 0.4) is 0 Å². The van der Waals surface area contributed by atoms with Gasteiger partial charge in [0.1, 0.15) is 11.5 Å². The smallest absolute Gasteiger partial charge is 0.373 e. The molecule has 0 atom stereocenters. The van der Waals surface area contributed by atoms with Gasteiger partial charge in [-0.25, -0.2) is 9.59 Å². The van der Waals surface area contributed by atoms with Crippen LogP contribution in [-0.2, 0) is 20.9 Å². The lowest BCUT2D eigenvalue weighted by molar-refractivity contribution is -0.132. The minimum atomic E-state index is -0.661. The summed E-state index contributed by atoms with van der Waals surface area (Å²) in [5.74, 6) is -0.930. The Hall–Kier alpha value is -4.08. The molecular weight excluding hydrogens is 408 g/mol. The number of hydrogen-bond donors (Lipinski definition) is 1. The van der Waals surface area contributed by atoms with Crippen molar-refractivity contribution in [2.75, 3.05) is 13.7 Å². The van der Waals surface area contributed by atoms with Crippen molar-refractivity contribution < 1.29 is 37.8 Å². The fourth-order valence-electron chi connectivity index (χ4n) is 2.83. The van der Waals surface area contributed by atoms with Gasteiger partial charge in [0, 0.05) is 6.92 Å². The minimum Gasteiger partial charge on any atom is -0.490 e. The van der Waals surface area contributed by atoms with Gasteiger partial charge in [-0.2, -0.15) is 0 Å². The van der Waals surface area contributed by atoms with E-state index in [1.165, 1.54) is 38.3 Å². The van der Waals surface area contributed by atoms with E-state index in [1.807, 2.05) is 0 Å². The molecule has 31 heavy (non-hydrogen) atoms. The summed E-state index contributed by atoms with van der Waals surface area (Å²) in [7, 11) is 1.22. The third kappa shape index (κ3) is 4.92. The summed E-state index contributed by atoms with van der Waals surface area (Å²) in [6.45, 7) is 3.24. The highest BCUT2D eigenvalue weighted by atomic mass is 16.6. The van der Waals surface area contributed by atoms with Crippen LogP contribution in [-0.4, -0.2) is 42.5 Å². The molecule has 1 aliphatic heterocycles. The largest absolute Gasteiger partial charge is 0.490 e. The predicted octanol–water partition coefficient (Wildman–Crippen LogP) is 2.48. The van der Waals surface area contributed by atoms with Crippen LogP contribution in [0, 0.1) is 0 Å². The van der Waals surface area contributed by atoms with Crippen molar-refractivity contribution in [3.8, 4) is 11.5 Å². The molecule has 3 amide bonds. The average molecular weight is 428 g/mol. The maximum absolute atomic E-state index is 12.7. The number of nitrogens with one attached hydrogen (secondary N) is 1. The molecule has 2 aromatic rings. The fraction of sp³-hybridized carbons (Fsp3) is 0.238. The maximum atomic E-state index is 12.7. The van der Waals surface area contributed by atoms with E-state index in [-0.39, 0.29) is 29.5 Å². The Morgan fingerprint density at radius 1 is 1.16 bits per heavy atom. The van der Waals surface area contributed by atoms with Gasteiger partial charge in [-0.3, -0.25) is 14.5 Å². The number of urea groups is 1. The fourth-order valence-corrected chi connectivity index (χ4v) is 2.83. The first kappa shape index (κ1) is 21.6. The lowest BCUT2D eigenvalue weighted by atomic mass is 10.1. The van der Waals surface area contributed by atoms with Crippen molar-refractivity contribution in [2.45, 2.75) is 20.4 Å². The molecule has 0 saturated carbocycles. The highest BCUT2D eigenvalue weighted by Crippen LogP contribution is 2.30. The van der Waals surface area contributed by atoms with Crippen molar-refractivity contribution in [1.29, 1.82) is 0 Å². The van der Waals surface area contributed by atoms with Gasteiger partial charge in [0.05, 0.1) is 20.3 Å². The van der Waals surface area contributed by atoms with Gasteiger partial charge in [0.25, 0.3) is 5.91 Å². The summed E-state index contributed by atoms with van der Waals surface area (Å²) in [4.78, 5) is 48.6. The summed E-state index contributed by atoms with van der Waals surface area (Å²) in [5.41, 5.74) is 0.600. The van der Waals surface area contributed by atoms with Gasteiger partial charge >= 0.3 is 18.0 Å². The van der Waals surface area contributed by atoms with Crippen LogP contribution in [0.5, 0.6) is 11.5 Å². The molecule has 3 rings (SSSR count). The summed E-state index contributed by atoms with van der Waals surface area (Å²) < 4.78 is 20.5. The van der Waals surface area contributed by atoms with E-state index in [9.17, 15) is 19.2 Å². The van der Waals surface area contributed by atoms with Gasteiger partial charge in [-0.05, 0) is 42.8 Å². The number of amides is 3. The molecule has 10 heteroatoms. The Labute approximate surface area is 177 Å². The summed E-state index contributed by atoms with van der Waals surface area (Å²) in [6, 6.07) is 6.99. The molecule has 1 fully saturated rings. The molecule has 1 aromatic carbocycles. The second kappa shape index (κ2) is 9.16. The van der Waals surface area contributed by atoms with Crippen molar-refractivity contribution >= 4 is 30.0 Å². The summed E-state index contributed by atoms with van der Waals surface area (Å²) in [5, 5.41) is 2.50. The lowest BCUT2D eigenvalue weighted by Crippen LogP contribution is -2.30. The first-order valence-electron chi connectivity index (χ1n) is 9.29. The van der Waals surface area contributed by atoms with E-state index in [2.05, 4.69) is 10.1 Å². The third-order valence-corrected chi connectivity index (χ3v) is 4.16. The Kier molecular flexibility index (Phi) is 6.39. The molecule has 0 unspecified atom stereocenters. The van der Waals surface area contributed by atoms with Crippen LogP contribution in [0.15, 0.2) is 40.4 Å². The van der Waals surface area contributed by atoms with E-state index in [0.717, 1.165) is 4.90 Å². The number of ether oxygens (including phenoxy) is 3. The number of carbonyl (C=O) groups is 4. The molecule has 0 aliphatic carbocycles. The highest BCUT2D eigenvalue weighted by Gasteiger charge is 2.34. The van der Waals surface area contributed by atoms with Crippen LogP contribution >= 0.6 is 0 Å². The molecule has 0 spiro atoms. The van der Waals surface area contributed by atoms with E-state index in [4.69, 9.17) is 13.9 Å². The molecule has 1 N–H and O–H groups in total. The number of esters is 2.